The summed E-state index contributed by atoms with van der Waals surface area (Å²) in [5, 5.41) is 4.40. The molecule has 4 nitrogen and oxygen atoms in total. The summed E-state index contributed by atoms with van der Waals surface area (Å²) < 4.78 is 7.30. The molecule has 0 radical (unpaired) electrons. The lowest BCUT2D eigenvalue weighted by atomic mass is 9.99. The van der Waals surface area contributed by atoms with Crippen molar-refractivity contribution in [2.24, 2.45) is 0 Å². The second kappa shape index (κ2) is 2.85. The van der Waals surface area contributed by atoms with Crippen LogP contribution < -0.4 is 10.3 Å². The lowest BCUT2D eigenvalue weighted by Crippen LogP contribution is -2.39. The fourth-order valence-corrected chi connectivity index (χ4v) is 2.70. The number of hydrogen-bond donors (Lipinski definition) is 0. The van der Waals surface area contributed by atoms with Gasteiger partial charge in [-0.3, -0.25) is 9.36 Å². The number of aromatic nitrogens is 2. The van der Waals surface area contributed by atoms with E-state index in [1.807, 2.05) is 31.5 Å². The van der Waals surface area contributed by atoms with Crippen molar-refractivity contribution in [3.63, 3.8) is 0 Å². The molecule has 1 aliphatic heterocycles. The number of rotatable bonds is 0. The highest BCUT2D eigenvalue weighted by Gasteiger charge is 2.40. The largest absolute Gasteiger partial charge is 0.459 e. The van der Waals surface area contributed by atoms with Gasteiger partial charge in [0, 0.05) is 10.8 Å². The first-order valence-corrected chi connectivity index (χ1v) is 6.12. The van der Waals surface area contributed by atoms with Gasteiger partial charge in [-0.1, -0.05) is 0 Å². The Balaban J connectivity index is 2.44. The quantitative estimate of drug-likeness (QED) is 0.702. The molecule has 16 heavy (non-hydrogen) atoms. The number of ether oxygens (including phenoxy) is 1. The van der Waals surface area contributed by atoms with E-state index in [1.54, 1.807) is 4.57 Å². The van der Waals surface area contributed by atoms with E-state index in [0.717, 1.165) is 5.52 Å². The van der Waals surface area contributed by atoms with Gasteiger partial charge in [0.2, 0.25) is 0 Å². The molecule has 3 heterocycles. The van der Waals surface area contributed by atoms with Crippen LogP contribution in [0, 0.1) is 0 Å². The smallest absolute Gasteiger partial charge is 0.300 e. The SMILES string of the molecule is CC1Oc2nc3cscc3c(=O)n2C1(C)C. The molecule has 0 aromatic carbocycles. The summed E-state index contributed by atoms with van der Waals surface area (Å²) in [5.41, 5.74) is 0.386. The maximum Gasteiger partial charge on any atom is 0.300 e. The van der Waals surface area contributed by atoms with Gasteiger partial charge >= 0.3 is 6.01 Å². The van der Waals surface area contributed by atoms with E-state index in [0.29, 0.717) is 11.4 Å². The summed E-state index contributed by atoms with van der Waals surface area (Å²) >= 11 is 1.49. The van der Waals surface area contributed by atoms with E-state index in [2.05, 4.69) is 4.98 Å². The fourth-order valence-electron chi connectivity index (χ4n) is 1.97. The van der Waals surface area contributed by atoms with Crippen LogP contribution in [-0.4, -0.2) is 15.7 Å². The Labute approximate surface area is 96.5 Å². The Bertz CT molecular complexity index is 626. The molecule has 0 aliphatic carbocycles. The van der Waals surface area contributed by atoms with Gasteiger partial charge in [0.15, 0.2) is 0 Å². The van der Waals surface area contributed by atoms with Crippen molar-refractivity contribution in [1.82, 2.24) is 9.55 Å². The van der Waals surface area contributed by atoms with Gasteiger partial charge in [0.25, 0.3) is 5.56 Å². The summed E-state index contributed by atoms with van der Waals surface area (Å²) in [6.07, 6.45) is -0.0390. The molecule has 3 rings (SSSR count). The molecular weight excluding hydrogens is 224 g/mol. The van der Waals surface area contributed by atoms with E-state index in [1.165, 1.54) is 11.3 Å². The third-order valence-electron chi connectivity index (χ3n) is 3.34. The topological polar surface area (TPSA) is 44.1 Å². The van der Waals surface area contributed by atoms with Crippen LogP contribution in [0.2, 0.25) is 0 Å². The van der Waals surface area contributed by atoms with Gasteiger partial charge in [-0.05, 0) is 20.8 Å². The highest BCUT2D eigenvalue weighted by molar-refractivity contribution is 7.09. The maximum atomic E-state index is 12.3. The minimum Gasteiger partial charge on any atom is -0.459 e. The van der Waals surface area contributed by atoms with Crippen molar-refractivity contribution < 1.29 is 4.74 Å². The lowest BCUT2D eigenvalue weighted by molar-refractivity contribution is 0.165. The number of nitrogens with zero attached hydrogens (tertiary/aromatic N) is 2. The van der Waals surface area contributed by atoms with E-state index >= 15 is 0 Å². The molecule has 0 spiro atoms. The Morgan fingerprint density at radius 1 is 1.50 bits per heavy atom. The van der Waals surface area contributed by atoms with E-state index in [-0.39, 0.29) is 17.2 Å². The highest BCUT2D eigenvalue weighted by atomic mass is 32.1. The zero-order chi connectivity index (χ0) is 11.5. The van der Waals surface area contributed by atoms with Crippen LogP contribution in [0.25, 0.3) is 10.9 Å². The van der Waals surface area contributed by atoms with E-state index in [9.17, 15) is 4.79 Å². The van der Waals surface area contributed by atoms with Crippen molar-refractivity contribution in [3.8, 4) is 6.01 Å². The third-order valence-corrected chi connectivity index (χ3v) is 4.07. The number of fused-ring (bicyclic) bond motifs is 2. The molecule has 2 aromatic heterocycles. The first-order chi connectivity index (χ1) is 7.51. The van der Waals surface area contributed by atoms with Crippen LogP contribution in [0.1, 0.15) is 20.8 Å². The van der Waals surface area contributed by atoms with Crippen LogP contribution >= 0.6 is 11.3 Å². The number of thiophene rings is 1. The molecule has 1 aliphatic rings. The zero-order valence-corrected chi connectivity index (χ0v) is 10.2. The summed E-state index contributed by atoms with van der Waals surface area (Å²) in [7, 11) is 0. The molecule has 0 saturated carbocycles. The number of hydrogen-bond acceptors (Lipinski definition) is 4. The van der Waals surface area contributed by atoms with Gasteiger partial charge in [-0.15, -0.1) is 11.3 Å². The molecule has 0 amide bonds. The molecule has 1 unspecified atom stereocenters. The minimum atomic E-state index is -0.338. The predicted octanol–water partition coefficient (Wildman–Crippen LogP) is 1.97. The van der Waals surface area contributed by atoms with Crippen molar-refractivity contribution in [2.45, 2.75) is 32.4 Å². The molecule has 5 heteroatoms. The van der Waals surface area contributed by atoms with Crippen LogP contribution in [0.4, 0.5) is 0 Å². The average molecular weight is 236 g/mol. The Kier molecular flexibility index (Phi) is 1.75. The van der Waals surface area contributed by atoms with Crippen molar-refractivity contribution in [1.29, 1.82) is 0 Å². The lowest BCUT2D eigenvalue weighted by Gasteiger charge is -2.22. The first-order valence-electron chi connectivity index (χ1n) is 5.18. The maximum absolute atomic E-state index is 12.3. The van der Waals surface area contributed by atoms with Crippen molar-refractivity contribution in [3.05, 3.63) is 21.1 Å². The van der Waals surface area contributed by atoms with Crippen molar-refractivity contribution >= 4 is 22.2 Å². The Morgan fingerprint density at radius 2 is 2.25 bits per heavy atom. The second-order valence-corrected chi connectivity index (χ2v) is 5.36. The fraction of sp³-hybridized carbons (Fsp3) is 0.455. The first kappa shape index (κ1) is 9.84. The molecule has 0 bridgehead atoms. The van der Waals surface area contributed by atoms with E-state index < -0.39 is 0 Å². The van der Waals surface area contributed by atoms with Crippen LogP contribution in [0.5, 0.6) is 6.01 Å². The van der Waals surface area contributed by atoms with Gasteiger partial charge < -0.3 is 4.74 Å². The standard InChI is InChI=1S/C11H12N2O2S/c1-6-11(2,3)13-9(14)7-4-16-5-8(7)12-10(13)15-6/h4-6H,1-3H3. The monoisotopic (exact) mass is 236 g/mol. The summed E-state index contributed by atoms with van der Waals surface area (Å²) in [6.45, 7) is 5.95. The van der Waals surface area contributed by atoms with Gasteiger partial charge in [-0.2, -0.15) is 4.98 Å². The second-order valence-electron chi connectivity index (χ2n) is 4.62. The molecule has 2 aromatic rings. The minimum absolute atomic E-state index is 0.00407. The Morgan fingerprint density at radius 3 is 3.00 bits per heavy atom. The van der Waals surface area contributed by atoms with Gasteiger partial charge in [0.1, 0.15) is 6.10 Å². The molecule has 1 atom stereocenters. The predicted molar refractivity (Wildman–Crippen MR) is 63.3 cm³/mol. The van der Waals surface area contributed by atoms with Gasteiger partial charge in [0.05, 0.1) is 16.4 Å². The Hall–Kier alpha value is -1.36. The van der Waals surface area contributed by atoms with Crippen LogP contribution in [0.3, 0.4) is 0 Å². The van der Waals surface area contributed by atoms with Gasteiger partial charge in [-0.25, -0.2) is 0 Å². The zero-order valence-electron chi connectivity index (χ0n) is 9.35. The molecule has 84 valence electrons. The summed E-state index contributed by atoms with van der Waals surface area (Å²) in [6, 6.07) is 0.438. The van der Waals surface area contributed by atoms with E-state index in [4.69, 9.17) is 4.74 Å². The van der Waals surface area contributed by atoms with Crippen molar-refractivity contribution in [2.75, 3.05) is 0 Å². The van der Waals surface area contributed by atoms with Crippen LogP contribution in [-0.2, 0) is 5.54 Å². The molecule has 0 N–H and O–H groups in total. The third kappa shape index (κ3) is 1.04. The molecular formula is C11H12N2O2S. The molecule has 0 saturated heterocycles. The highest BCUT2D eigenvalue weighted by Crippen LogP contribution is 2.33. The molecule has 0 fully saturated rings. The summed E-state index contributed by atoms with van der Waals surface area (Å²) in [5.74, 6) is 0. The van der Waals surface area contributed by atoms with Crippen LogP contribution in [0.15, 0.2) is 15.6 Å². The normalized spacial score (nSPS) is 22.1. The summed E-state index contributed by atoms with van der Waals surface area (Å²) in [4.78, 5) is 16.7. The average Bonchev–Trinajstić information content (AvgIpc) is 2.72.